The van der Waals surface area contributed by atoms with Crippen molar-refractivity contribution in [2.45, 2.75) is 19.4 Å². The molecule has 1 unspecified atom stereocenters. The van der Waals surface area contributed by atoms with Gasteiger partial charge < -0.3 is 16.2 Å². The number of primary amides is 1. The molecule has 4 N–H and O–H groups in total. The summed E-state index contributed by atoms with van der Waals surface area (Å²) in [6.45, 7) is 1.83. The minimum atomic E-state index is -0.611. The Morgan fingerprint density at radius 2 is 2.14 bits per heavy atom. The first kappa shape index (κ1) is 10.4. The van der Waals surface area contributed by atoms with Crippen molar-refractivity contribution in [3.8, 4) is 5.75 Å². The van der Waals surface area contributed by atoms with Gasteiger partial charge in [-0.3, -0.25) is 4.79 Å². The summed E-state index contributed by atoms with van der Waals surface area (Å²) in [4.78, 5) is 10.9. The molecule has 1 aromatic carbocycles. The lowest BCUT2D eigenvalue weighted by molar-refractivity contribution is -0.124. The quantitative estimate of drug-likeness (QED) is 0.699. The van der Waals surface area contributed by atoms with Crippen LogP contribution in [0, 0.1) is 0 Å². The molecule has 0 aliphatic carbocycles. The monoisotopic (exact) mass is 194 g/mol. The maximum Gasteiger partial charge on any atom is 0.258 e. The summed E-state index contributed by atoms with van der Waals surface area (Å²) in [6, 6.07) is 7.01. The van der Waals surface area contributed by atoms with Crippen LogP contribution in [0.1, 0.15) is 13.3 Å². The maximum absolute atomic E-state index is 10.9. The van der Waals surface area contributed by atoms with Gasteiger partial charge in [-0.05, 0) is 18.6 Å². The van der Waals surface area contributed by atoms with Crippen LogP contribution in [0.3, 0.4) is 0 Å². The lowest BCUT2D eigenvalue weighted by Crippen LogP contribution is -2.33. The molecule has 14 heavy (non-hydrogen) atoms. The number of nitrogens with two attached hydrogens (primary N) is 2. The number of carbonyl (C=O) groups is 1. The fourth-order valence-electron chi connectivity index (χ4n) is 1.08. The first-order valence-electron chi connectivity index (χ1n) is 4.45. The van der Waals surface area contributed by atoms with E-state index in [1.54, 1.807) is 24.3 Å². The Morgan fingerprint density at radius 1 is 1.50 bits per heavy atom. The first-order valence-corrected chi connectivity index (χ1v) is 4.45. The number of ether oxygens (including phenoxy) is 1. The van der Waals surface area contributed by atoms with Crippen LogP contribution in [0.5, 0.6) is 5.75 Å². The van der Waals surface area contributed by atoms with Crippen molar-refractivity contribution in [3.63, 3.8) is 0 Å². The highest BCUT2D eigenvalue weighted by molar-refractivity contribution is 5.79. The minimum absolute atomic E-state index is 0.476. The van der Waals surface area contributed by atoms with Crippen molar-refractivity contribution in [3.05, 3.63) is 24.3 Å². The van der Waals surface area contributed by atoms with Gasteiger partial charge in [0.05, 0.1) is 5.69 Å². The molecule has 0 spiro atoms. The van der Waals surface area contributed by atoms with Gasteiger partial charge in [0.1, 0.15) is 5.75 Å². The van der Waals surface area contributed by atoms with Gasteiger partial charge in [0, 0.05) is 0 Å². The van der Waals surface area contributed by atoms with Gasteiger partial charge >= 0.3 is 0 Å². The lowest BCUT2D eigenvalue weighted by Gasteiger charge is -2.15. The van der Waals surface area contributed by atoms with E-state index in [0.29, 0.717) is 17.9 Å². The molecule has 0 aliphatic heterocycles. The molecule has 0 aromatic heterocycles. The zero-order chi connectivity index (χ0) is 10.6. The third-order valence-corrected chi connectivity index (χ3v) is 1.88. The summed E-state index contributed by atoms with van der Waals surface area (Å²) >= 11 is 0. The Hall–Kier alpha value is -1.71. The number of hydrogen-bond acceptors (Lipinski definition) is 3. The van der Waals surface area contributed by atoms with Gasteiger partial charge in [-0.2, -0.15) is 0 Å². The number of hydrogen-bond donors (Lipinski definition) is 2. The second-order valence-corrected chi connectivity index (χ2v) is 2.95. The van der Waals surface area contributed by atoms with Gasteiger partial charge in [-0.1, -0.05) is 19.1 Å². The molecule has 4 nitrogen and oxygen atoms in total. The molecule has 1 rings (SSSR count). The summed E-state index contributed by atoms with van der Waals surface area (Å²) < 4.78 is 5.36. The normalized spacial score (nSPS) is 12.1. The number of carbonyl (C=O) groups excluding carboxylic acids is 1. The fraction of sp³-hybridized carbons (Fsp3) is 0.300. The van der Waals surface area contributed by atoms with Gasteiger partial charge in [0.25, 0.3) is 5.91 Å². The molecule has 1 amide bonds. The molecular formula is C10H14N2O2. The molecular weight excluding hydrogens is 180 g/mol. The summed E-state index contributed by atoms with van der Waals surface area (Å²) in [5.74, 6) is 0.0221. The summed E-state index contributed by atoms with van der Waals surface area (Å²) in [7, 11) is 0. The van der Waals surface area contributed by atoms with E-state index in [-0.39, 0.29) is 0 Å². The van der Waals surface area contributed by atoms with E-state index in [2.05, 4.69) is 0 Å². The smallest absolute Gasteiger partial charge is 0.258 e. The molecule has 76 valence electrons. The number of nitrogen functional groups attached to an aromatic ring is 1. The largest absolute Gasteiger partial charge is 0.478 e. The van der Waals surface area contributed by atoms with Crippen molar-refractivity contribution >= 4 is 11.6 Å². The number of anilines is 1. The number of rotatable bonds is 4. The van der Waals surface area contributed by atoms with E-state index in [9.17, 15) is 4.79 Å². The summed E-state index contributed by atoms with van der Waals surface area (Å²) in [6.07, 6.45) is -0.0800. The third-order valence-electron chi connectivity index (χ3n) is 1.88. The van der Waals surface area contributed by atoms with Crippen molar-refractivity contribution in [1.82, 2.24) is 0 Å². The molecule has 0 bridgehead atoms. The summed E-state index contributed by atoms with van der Waals surface area (Å²) in [5, 5.41) is 0. The van der Waals surface area contributed by atoms with Crippen molar-refractivity contribution < 1.29 is 9.53 Å². The van der Waals surface area contributed by atoms with Crippen LogP contribution in [-0.2, 0) is 4.79 Å². The summed E-state index contributed by atoms with van der Waals surface area (Å²) in [5.41, 5.74) is 11.3. The number of amides is 1. The number of para-hydroxylation sites is 2. The van der Waals surface area contributed by atoms with E-state index in [1.807, 2.05) is 6.92 Å². The van der Waals surface area contributed by atoms with Crippen LogP contribution in [-0.4, -0.2) is 12.0 Å². The Labute approximate surface area is 82.8 Å². The van der Waals surface area contributed by atoms with Gasteiger partial charge in [0.2, 0.25) is 0 Å². The second-order valence-electron chi connectivity index (χ2n) is 2.95. The molecule has 0 fully saturated rings. The highest BCUT2D eigenvalue weighted by Crippen LogP contribution is 2.21. The van der Waals surface area contributed by atoms with Crippen molar-refractivity contribution in [2.24, 2.45) is 5.73 Å². The molecule has 1 aromatic rings. The maximum atomic E-state index is 10.9. The Kier molecular flexibility index (Phi) is 3.34. The van der Waals surface area contributed by atoms with Crippen molar-refractivity contribution in [1.29, 1.82) is 0 Å². The molecule has 0 saturated carbocycles. The lowest BCUT2D eigenvalue weighted by atomic mass is 10.2. The predicted molar refractivity (Wildman–Crippen MR) is 54.8 cm³/mol. The third kappa shape index (κ3) is 2.39. The van der Waals surface area contributed by atoms with E-state index in [0.717, 1.165) is 0 Å². The van der Waals surface area contributed by atoms with Crippen LogP contribution in [0.4, 0.5) is 5.69 Å². The van der Waals surface area contributed by atoms with Gasteiger partial charge in [-0.25, -0.2) is 0 Å². The zero-order valence-electron chi connectivity index (χ0n) is 8.07. The standard InChI is InChI=1S/C10H14N2O2/c1-2-8(10(12)13)14-9-6-4-3-5-7(9)11/h3-6,8H,2,11H2,1H3,(H2,12,13). The van der Waals surface area contributed by atoms with E-state index >= 15 is 0 Å². The predicted octanol–water partition coefficient (Wildman–Crippen LogP) is 0.912. The highest BCUT2D eigenvalue weighted by atomic mass is 16.5. The average Bonchev–Trinajstić information content (AvgIpc) is 2.16. The molecule has 1 atom stereocenters. The Bertz CT molecular complexity index is 326. The number of benzene rings is 1. The molecule has 4 heteroatoms. The Balaban J connectivity index is 2.77. The van der Waals surface area contributed by atoms with Crippen LogP contribution >= 0.6 is 0 Å². The van der Waals surface area contributed by atoms with Crippen molar-refractivity contribution in [2.75, 3.05) is 5.73 Å². The SMILES string of the molecule is CCC(Oc1ccccc1N)C(N)=O. The minimum Gasteiger partial charge on any atom is -0.478 e. The average molecular weight is 194 g/mol. The zero-order valence-corrected chi connectivity index (χ0v) is 8.07. The van der Waals surface area contributed by atoms with E-state index in [4.69, 9.17) is 16.2 Å². The highest BCUT2D eigenvalue weighted by Gasteiger charge is 2.15. The molecule has 0 saturated heterocycles. The van der Waals surface area contributed by atoms with Crippen LogP contribution in [0.2, 0.25) is 0 Å². The Morgan fingerprint density at radius 3 is 2.64 bits per heavy atom. The van der Waals surface area contributed by atoms with Gasteiger partial charge in [-0.15, -0.1) is 0 Å². The van der Waals surface area contributed by atoms with E-state index < -0.39 is 12.0 Å². The second kappa shape index (κ2) is 4.50. The van der Waals surface area contributed by atoms with Crippen LogP contribution < -0.4 is 16.2 Å². The molecule has 0 radical (unpaired) electrons. The molecule has 0 heterocycles. The van der Waals surface area contributed by atoms with Gasteiger partial charge in [0.15, 0.2) is 6.10 Å². The fourth-order valence-corrected chi connectivity index (χ4v) is 1.08. The van der Waals surface area contributed by atoms with Crippen LogP contribution in [0.25, 0.3) is 0 Å². The first-order chi connectivity index (χ1) is 6.65. The topological polar surface area (TPSA) is 78.3 Å². The van der Waals surface area contributed by atoms with E-state index in [1.165, 1.54) is 0 Å². The molecule has 0 aliphatic rings. The van der Waals surface area contributed by atoms with Crippen LogP contribution in [0.15, 0.2) is 24.3 Å².